The highest BCUT2D eigenvalue weighted by Gasteiger charge is 2.21. The van der Waals surface area contributed by atoms with E-state index in [-0.39, 0.29) is 11.4 Å². The van der Waals surface area contributed by atoms with Gasteiger partial charge in [-0.15, -0.1) is 0 Å². The van der Waals surface area contributed by atoms with Gasteiger partial charge in [0.2, 0.25) is 0 Å². The lowest BCUT2D eigenvalue weighted by Gasteiger charge is -2.20. The molecule has 0 bridgehead atoms. The number of rotatable bonds is 1. The number of aromatic nitrogens is 1. The highest BCUT2D eigenvalue weighted by Crippen LogP contribution is 2.33. The first-order valence-electron chi connectivity index (χ1n) is 5.77. The second kappa shape index (κ2) is 3.98. The molecular weight excluding hydrogens is 233 g/mol. The molecule has 0 fully saturated rings. The normalized spacial score (nSPS) is 12.8. The van der Waals surface area contributed by atoms with Gasteiger partial charge >= 0.3 is 5.97 Å². The molecule has 0 N–H and O–H groups in total. The molecule has 0 atom stereocenters. The van der Waals surface area contributed by atoms with Crippen molar-refractivity contribution in [2.45, 2.75) is 13.0 Å². The van der Waals surface area contributed by atoms with E-state index in [4.69, 9.17) is 0 Å². The molecule has 3 rings (SSSR count). The van der Waals surface area contributed by atoms with Gasteiger partial charge in [-0.25, -0.2) is 9.18 Å². The van der Waals surface area contributed by atoms with Crippen molar-refractivity contribution < 1.29 is 13.9 Å². The van der Waals surface area contributed by atoms with Gasteiger partial charge in [-0.05, 0) is 36.2 Å². The van der Waals surface area contributed by atoms with Gasteiger partial charge in [0.1, 0.15) is 5.82 Å². The number of esters is 1. The topological polar surface area (TPSA) is 31.2 Å². The second-order valence-electron chi connectivity index (χ2n) is 4.32. The first kappa shape index (κ1) is 11.0. The monoisotopic (exact) mass is 245 g/mol. The summed E-state index contributed by atoms with van der Waals surface area (Å²) in [4.78, 5) is 11.5. The summed E-state index contributed by atoms with van der Waals surface area (Å²) in [6.45, 7) is 0.805. The Hall–Kier alpha value is -2.10. The van der Waals surface area contributed by atoms with Crippen molar-refractivity contribution in [2.24, 2.45) is 0 Å². The lowest BCUT2D eigenvalue weighted by atomic mass is 9.95. The SMILES string of the molecule is COC(=O)c1cc(F)c2c(c1)CCn1cccc1-2. The number of ether oxygens (including phenoxy) is 1. The van der Waals surface area contributed by atoms with Crippen molar-refractivity contribution in [3.8, 4) is 11.3 Å². The first-order chi connectivity index (χ1) is 8.70. The summed E-state index contributed by atoms with van der Waals surface area (Å²) < 4.78 is 20.8. The van der Waals surface area contributed by atoms with Crippen molar-refractivity contribution in [2.75, 3.05) is 7.11 Å². The van der Waals surface area contributed by atoms with E-state index in [1.807, 2.05) is 22.9 Å². The Balaban J connectivity index is 2.19. The van der Waals surface area contributed by atoms with Crippen molar-refractivity contribution in [3.05, 3.63) is 47.4 Å². The summed E-state index contributed by atoms with van der Waals surface area (Å²) in [6, 6.07) is 6.76. The number of hydrogen-bond acceptors (Lipinski definition) is 2. The number of methoxy groups -OCH3 is 1. The molecule has 0 saturated carbocycles. The molecule has 2 heterocycles. The predicted octanol–water partition coefficient (Wildman–Crippen LogP) is 2.64. The summed E-state index contributed by atoms with van der Waals surface area (Å²) in [6.07, 6.45) is 2.66. The van der Waals surface area contributed by atoms with Crippen LogP contribution in [0.3, 0.4) is 0 Å². The van der Waals surface area contributed by atoms with Gasteiger partial charge < -0.3 is 9.30 Å². The maximum absolute atomic E-state index is 14.2. The average Bonchev–Trinajstić information content (AvgIpc) is 2.85. The molecule has 3 nitrogen and oxygen atoms in total. The molecule has 1 aliphatic heterocycles. The van der Waals surface area contributed by atoms with Gasteiger partial charge in [0.05, 0.1) is 18.4 Å². The van der Waals surface area contributed by atoms with E-state index < -0.39 is 5.97 Å². The number of halogens is 1. The minimum atomic E-state index is -0.502. The van der Waals surface area contributed by atoms with Gasteiger partial charge in [0, 0.05) is 18.3 Å². The molecule has 92 valence electrons. The van der Waals surface area contributed by atoms with Crippen LogP contribution in [-0.2, 0) is 17.7 Å². The number of benzene rings is 1. The van der Waals surface area contributed by atoms with Crippen LogP contribution < -0.4 is 0 Å². The Labute approximate surface area is 104 Å². The van der Waals surface area contributed by atoms with Crippen LogP contribution in [0, 0.1) is 5.82 Å². The fraction of sp³-hybridized carbons (Fsp3) is 0.214. The van der Waals surface area contributed by atoms with Crippen LogP contribution in [0.4, 0.5) is 4.39 Å². The summed E-state index contributed by atoms with van der Waals surface area (Å²) in [5.74, 6) is -0.870. The molecule has 18 heavy (non-hydrogen) atoms. The van der Waals surface area contributed by atoms with Gasteiger partial charge in [0.25, 0.3) is 0 Å². The fourth-order valence-electron chi connectivity index (χ4n) is 2.46. The van der Waals surface area contributed by atoms with Crippen molar-refractivity contribution in [3.63, 3.8) is 0 Å². The maximum atomic E-state index is 14.2. The maximum Gasteiger partial charge on any atom is 0.337 e. The minimum absolute atomic E-state index is 0.272. The van der Waals surface area contributed by atoms with Crippen LogP contribution in [0.25, 0.3) is 11.3 Å². The van der Waals surface area contributed by atoms with E-state index in [0.717, 1.165) is 24.2 Å². The second-order valence-corrected chi connectivity index (χ2v) is 4.32. The third kappa shape index (κ3) is 1.53. The molecule has 4 heteroatoms. The Morgan fingerprint density at radius 3 is 3.06 bits per heavy atom. The summed E-state index contributed by atoms with van der Waals surface area (Å²) in [5, 5.41) is 0. The van der Waals surface area contributed by atoms with E-state index in [1.54, 1.807) is 6.07 Å². The summed E-state index contributed by atoms with van der Waals surface area (Å²) in [5.41, 5.74) is 2.60. The number of aryl methyl sites for hydroxylation is 2. The quantitative estimate of drug-likeness (QED) is 0.723. The van der Waals surface area contributed by atoms with Crippen LogP contribution in [0.15, 0.2) is 30.5 Å². The van der Waals surface area contributed by atoms with E-state index in [1.165, 1.54) is 13.2 Å². The van der Waals surface area contributed by atoms with Crippen molar-refractivity contribution >= 4 is 5.97 Å². The molecule has 1 aromatic carbocycles. The fourth-order valence-corrected chi connectivity index (χ4v) is 2.46. The molecule has 0 unspecified atom stereocenters. The molecule has 0 spiro atoms. The van der Waals surface area contributed by atoms with E-state index in [0.29, 0.717) is 5.56 Å². The molecule has 0 saturated heterocycles. The van der Waals surface area contributed by atoms with E-state index in [2.05, 4.69) is 4.74 Å². The standard InChI is InChI=1S/C14H12FNO2/c1-18-14(17)10-7-9-4-6-16-5-2-3-12(16)13(9)11(15)8-10/h2-3,5,7-8H,4,6H2,1H3. The van der Waals surface area contributed by atoms with Gasteiger partial charge in [-0.2, -0.15) is 0 Å². The van der Waals surface area contributed by atoms with Crippen LogP contribution in [-0.4, -0.2) is 17.6 Å². The van der Waals surface area contributed by atoms with Gasteiger partial charge in [-0.1, -0.05) is 0 Å². The van der Waals surface area contributed by atoms with E-state index in [9.17, 15) is 9.18 Å². The number of carbonyl (C=O) groups excluding carboxylic acids is 1. The minimum Gasteiger partial charge on any atom is -0.465 e. The lowest BCUT2D eigenvalue weighted by molar-refractivity contribution is 0.0600. The van der Waals surface area contributed by atoms with Crippen molar-refractivity contribution in [1.29, 1.82) is 0 Å². The van der Waals surface area contributed by atoms with Crippen LogP contribution in [0.1, 0.15) is 15.9 Å². The largest absolute Gasteiger partial charge is 0.465 e. The van der Waals surface area contributed by atoms with Crippen LogP contribution >= 0.6 is 0 Å². The Morgan fingerprint density at radius 2 is 2.28 bits per heavy atom. The third-order valence-electron chi connectivity index (χ3n) is 3.30. The molecule has 0 radical (unpaired) electrons. The van der Waals surface area contributed by atoms with Crippen molar-refractivity contribution in [1.82, 2.24) is 4.57 Å². The third-order valence-corrected chi connectivity index (χ3v) is 3.30. The number of hydrogen-bond donors (Lipinski definition) is 0. The molecular formula is C14H12FNO2. The summed E-state index contributed by atoms with van der Waals surface area (Å²) in [7, 11) is 1.30. The molecule has 1 aliphatic rings. The summed E-state index contributed by atoms with van der Waals surface area (Å²) >= 11 is 0. The van der Waals surface area contributed by atoms with Crippen LogP contribution in [0.5, 0.6) is 0 Å². The first-order valence-corrected chi connectivity index (χ1v) is 5.77. The zero-order chi connectivity index (χ0) is 12.7. The molecule has 0 amide bonds. The van der Waals surface area contributed by atoms with Crippen LogP contribution in [0.2, 0.25) is 0 Å². The highest BCUT2D eigenvalue weighted by atomic mass is 19.1. The zero-order valence-corrected chi connectivity index (χ0v) is 9.94. The molecule has 0 aliphatic carbocycles. The molecule has 1 aromatic heterocycles. The number of fused-ring (bicyclic) bond motifs is 3. The Bertz CT molecular complexity index is 631. The zero-order valence-electron chi connectivity index (χ0n) is 9.94. The van der Waals surface area contributed by atoms with Gasteiger partial charge in [-0.3, -0.25) is 0 Å². The van der Waals surface area contributed by atoms with E-state index >= 15 is 0 Å². The average molecular weight is 245 g/mol. The smallest absolute Gasteiger partial charge is 0.337 e. The number of nitrogens with zero attached hydrogens (tertiary/aromatic N) is 1. The lowest BCUT2D eigenvalue weighted by Crippen LogP contribution is -2.13. The Morgan fingerprint density at radius 1 is 1.44 bits per heavy atom. The molecule has 2 aromatic rings. The highest BCUT2D eigenvalue weighted by molar-refractivity contribution is 5.90. The van der Waals surface area contributed by atoms with Gasteiger partial charge in [0.15, 0.2) is 0 Å². The Kier molecular flexibility index (Phi) is 2.44. The predicted molar refractivity (Wildman–Crippen MR) is 64.9 cm³/mol. The number of carbonyl (C=O) groups is 1.